The number of hydrogen-bond acceptors (Lipinski definition) is 6. The van der Waals surface area contributed by atoms with Crippen LogP contribution in [-0.4, -0.2) is 26.2 Å². The zero-order valence-corrected chi connectivity index (χ0v) is 41.4. The average Bonchev–Trinajstić information content (AvgIpc) is 3.21. The molecule has 2 heterocycles. The first kappa shape index (κ1) is 55.9. The minimum Gasteiger partial charge on any atom is -1.00 e. The summed E-state index contributed by atoms with van der Waals surface area (Å²) in [5.74, 6) is 0. The molecule has 0 unspecified atom stereocenters. The second-order valence-electron chi connectivity index (χ2n) is 12.0. The molecule has 0 spiro atoms. The zero-order chi connectivity index (χ0) is 38.1. The maximum absolute atomic E-state index is 6.11. The van der Waals surface area contributed by atoms with Gasteiger partial charge in [0.25, 0.3) is 0 Å². The number of pyridine rings is 2. The molecule has 0 fully saturated rings. The molecule has 17 heteroatoms. The molecule has 0 aliphatic heterocycles. The van der Waals surface area contributed by atoms with Gasteiger partial charge in [0.1, 0.15) is 11.4 Å². The van der Waals surface area contributed by atoms with Crippen molar-refractivity contribution in [3.63, 3.8) is 0 Å². The van der Waals surface area contributed by atoms with Gasteiger partial charge in [-0.25, -0.2) is 9.13 Å². The van der Waals surface area contributed by atoms with Crippen molar-refractivity contribution in [3.05, 3.63) is 166 Å². The summed E-state index contributed by atoms with van der Waals surface area (Å²) in [5.41, 5.74) is 4.97. The fraction of sp³-hybridized carbons (Fsp3) is 0.190. The van der Waals surface area contributed by atoms with Crippen LogP contribution in [0.4, 0.5) is 34.1 Å². The topological polar surface area (TPSA) is 63.7 Å². The van der Waals surface area contributed by atoms with E-state index in [4.69, 9.17) is 46.4 Å². The number of likely N-dealkylation sites (N-methyl/N-ethyl adjacent to an activating group) is 2. The van der Waals surface area contributed by atoms with Crippen molar-refractivity contribution in [1.29, 1.82) is 0 Å². The maximum atomic E-state index is 6.11. The number of benzene rings is 4. The van der Waals surface area contributed by atoms with Crippen molar-refractivity contribution in [2.24, 2.45) is 20.5 Å². The molecule has 0 amide bonds. The molecule has 0 bridgehead atoms. The van der Waals surface area contributed by atoms with Crippen LogP contribution in [0.3, 0.4) is 0 Å². The monoisotopic (exact) mass is 1000 g/mol. The molecule has 0 aliphatic carbocycles. The Morgan fingerprint density at radius 1 is 0.458 bits per heavy atom. The Labute approximate surface area is 405 Å². The zero-order valence-electron chi connectivity index (χ0n) is 32.4. The molecule has 6 aromatic rings. The van der Waals surface area contributed by atoms with Crippen LogP contribution in [0, 0.1) is 0 Å². The number of rotatable bonds is 14. The minimum atomic E-state index is 0. The van der Waals surface area contributed by atoms with E-state index in [1.54, 1.807) is 36.4 Å². The van der Waals surface area contributed by atoms with Crippen molar-refractivity contribution in [2.45, 2.75) is 26.9 Å². The molecule has 4 aromatic carbocycles. The van der Waals surface area contributed by atoms with Crippen molar-refractivity contribution < 1.29 is 78.2 Å². The summed E-state index contributed by atoms with van der Waals surface area (Å²) in [6.07, 6.45) is 8.33. The van der Waals surface area contributed by atoms with Gasteiger partial charge in [-0.05, 0) is 98.8 Å². The maximum Gasteiger partial charge on any atom is 2.00 e. The first-order valence-electron chi connectivity index (χ1n) is 17.6. The summed E-state index contributed by atoms with van der Waals surface area (Å²) >= 11 is 24.2. The van der Waals surface area contributed by atoms with E-state index in [0.717, 1.165) is 62.0 Å². The van der Waals surface area contributed by atoms with Crippen LogP contribution in [0.1, 0.15) is 13.8 Å². The molecular weight excluding hydrogens is 966 g/mol. The van der Waals surface area contributed by atoms with Crippen molar-refractivity contribution in [3.8, 4) is 0 Å². The third-order valence-electron chi connectivity index (χ3n) is 8.37. The third kappa shape index (κ3) is 18.6. The summed E-state index contributed by atoms with van der Waals surface area (Å²) in [6, 6.07) is 38.6. The number of azo groups is 2. The Morgan fingerprint density at radius 3 is 1.12 bits per heavy atom. The third-order valence-corrected chi connectivity index (χ3v) is 9.48. The molecular formula is C42H42Cl8N8Zn. The van der Waals surface area contributed by atoms with E-state index in [1.807, 2.05) is 60.7 Å². The largest absolute Gasteiger partial charge is 2.00 e. The van der Waals surface area contributed by atoms with E-state index >= 15 is 0 Å². The fourth-order valence-corrected chi connectivity index (χ4v) is 6.03. The summed E-state index contributed by atoms with van der Waals surface area (Å²) in [4.78, 5) is 4.66. The average molecular weight is 1010 g/mol. The van der Waals surface area contributed by atoms with Gasteiger partial charge in [-0.15, -0.1) is 10.2 Å². The Bertz CT molecular complexity index is 1960. The molecule has 0 aliphatic rings. The molecule has 6 rings (SSSR count). The van der Waals surface area contributed by atoms with Gasteiger partial charge in [0.05, 0.1) is 34.5 Å². The Morgan fingerprint density at radius 2 is 0.797 bits per heavy atom. The molecule has 59 heavy (non-hydrogen) atoms. The number of aromatic nitrogens is 2. The number of anilines is 2. The summed E-state index contributed by atoms with van der Waals surface area (Å²) in [7, 11) is 0. The molecule has 0 N–H and O–H groups in total. The summed E-state index contributed by atoms with van der Waals surface area (Å²) in [6.45, 7) is 9.93. The van der Waals surface area contributed by atoms with Crippen LogP contribution in [-0.2, 0) is 32.6 Å². The predicted molar refractivity (Wildman–Crippen MR) is 223 cm³/mol. The van der Waals surface area contributed by atoms with Crippen LogP contribution < -0.4 is 68.6 Å². The number of hydrogen-bond donors (Lipinski definition) is 0. The Kier molecular flexibility index (Phi) is 28.5. The fourth-order valence-electron chi connectivity index (χ4n) is 5.39. The molecule has 8 nitrogen and oxygen atoms in total. The van der Waals surface area contributed by atoms with E-state index in [-0.39, 0.29) is 69.1 Å². The first-order chi connectivity index (χ1) is 26.3. The van der Waals surface area contributed by atoms with Crippen molar-refractivity contribution in [2.75, 3.05) is 36.0 Å². The van der Waals surface area contributed by atoms with Gasteiger partial charge in [-0.1, -0.05) is 58.5 Å². The first-order valence-corrected chi connectivity index (χ1v) is 19.1. The van der Waals surface area contributed by atoms with Gasteiger partial charge in [0.15, 0.2) is 37.9 Å². The normalized spacial score (nSPS) is 10.1. The molecule has 0 radical (unpaired) electrons. The SMILES string of the molecule is CCN(CC[n+]1ccccc1)c1ccc(N=Nc2cc(Cl)ccc2Cl)cc1.CCN(CC[n+]1ccccc1)c1ccc(N=Nc2cc(Cl)ccc2Cl)cc1.[Cl-].[Cl-].[Cl-].[Cl-].[Zn+2]. The van der Waals surface area contributed by atoms with E-state index in [0.29, 0.717) is 31.5 Å². The van der Waals surface area contributed by atoms with Crippen LogP contribution in [0.2, 0.25) is 20.1 Å². The number of halogens is 8. The van der Waals surface area contributed by atoms with Crippen LogP contribution in [0.5, 0.6) is 0 Å². The van der Waals surface area contributed by atoms with Gasteiger partial charge >= 0.3 is 19.5 Å². The van der Waals surface area contributed by atoms with Gasteiger partial charge in [-0.3, -0.25) is 0 Å². The molecule has 2 aromatic heterocycles. The van der Waals surface area contributed by atoms with E-state index in [1.165, 1.54) is 0 Å². The van der Waals surface area contributed by atoms with E-state index in [2.05, 4.69) is 102 Å². The van der Waals surface area contributed by atoms with Crippen LogP contribution in [0.15, 0.2) is 167 Å². The van der Waals surface area contributed by atoms with Gasteiger partial charge in [0.2, 0.25) is 0 Å². The van der Waals surface area contributed by atoms with E-state index < -0.39 is 0 Å². The van der Waals surface area contributed by atoms with E-state index in [9.17, 15) is 0 Å². The molecule has 0 atom stereocenters. The summed E-state index contributed by atoms with van der Waals surface area (Å²) in [5, 5.41) is 19.1. The molecule has 0 saturated heterocycles. The Hall–Kier alpha value is -3.08. The van der Waals surface area contributed by atoms with Gasteiger partial charge in [-0.2, -0.15) is 10.2 Å². The second kappa shape index (κ2) is 30.0. The smallest absolute Gasteiger partial charge is 1.00 e. The minimum absolute atomic E-state index is 0. The number of nitrogens with zero attached hydrogens (tertiary/aromatic N) is 8. The molecule has 0 saturated carbocycles. The van der Waals surface area contributed by atoms with Crippen molar-refractivity contribution in [1.82, 2.24) is 0 Å². The Balaban J connectivity index is 0.00000105. The molecule has 308 valence electrons. The standard InChI is InChI=1S/2C21H21Cl2N4.4ClH.Zn/c2*1-2-27(15-14-26-12-4-3-5-13-26)19-9-7-18(8-10-19)24-25-21-16-17(22)6-11-20(21)23;;;;;/h2*3-13,16H,2,14-15H2,1H3;4*1H;/q2*+1;;;;;+2/p-4. The van der Waals surface area contributed by atoms with Gasteiger partial charge < -0.3 is 59.4 Å². The van der Waals surface area contributed by atoms with Crippen LogP contribution in [0.25, 0.3) is 0 Å². The van der Waals surface area contributed by atoms with Crippen molar-refractivity contribution >= 4 is 80.5 Å². The second-order valence-corrected chi connectivity index (χ2v) is 13.7. The quantitative estimate of drug-likeness (QED) is 0.0907. The predicted octanol–water partition coefficient (Wildman–Crippen LogP) is 0.459. The van der Waals surface area contributed by atoms with Gasteiger partial charge in [0, 0.05) is 58.8 Å². The summed E-state index contributed by atoms with van der Waals surface area (Å²) < 4.78 is 4.36. The van der Waals surface area contributed by atoms with Crippen LogP contribution >= 0.6 is 46.4 Å².